The maximum absolute atomic E-state index is 10.3. The Morgan fingerprint density at radius 3 is 2.69 bits per heavy atom. The second-order valence-corrected chi connectivity index (χ2v) is 3.31. The summed E-state index contributed by atoms with van der Waals surface area (Å²) in [5.41, 5.74) is 6.10. The molecule has 1 aromatic rings. The van der Waals surface area contributed by atoms with Gasteiger partial charge in [0.25, 0.3) is 0 Å². The summed E-state index contributed by atoms with van der Waals surface area (Å²) < 4.78 is 0. The predicted octanol–water partition coefficient (Wildman–Crippen LogP) is 0.958. The van der Waals surface area contributed by atoms with Gasteiger partial charge in [-0.1, -0.05) is 42.5 Å². The Kier molecular flexibility index (Phi) is 5.73. The normalized spacial score (nSPS) is 10.5. The highest BCUT2D eigenvalue weighted by Gasteiger charge is 1.88. The van der Waals surface area contributed by atoms with Crippen LogP contribution in [0.1, 0.15) is 5.56 Å². The zero-order valence-electron chi connectivity index (χ0n) is 9.15. The van der Waals surface area contributed by atoms with Crippen molar-refractivity contribution in [1.29, 1.82) is 0 Å². The van der Waals surface area contributed by atoms with E-state index in [9.17, 15) is 4.79 Å². The fraction of sp³-hybridized carbons (Fsp3) is 0.250. The largest absolute Gasteiger partial charge is 0.352 e. The van der Waals surface area contributed by atoms with Crippen molar-refractivity contribution >= 4 is 12.1 Å². The summed E-state index contributed by atoms with van der Waals surface area (Å²) in [6.45, 7) is 2.03. The Morgan fingerprint density at radius 2 is 2.00 bits per heavy atom. The first-order valence-corrected chi connectivity index (χ1v) is 5.24. The molecule has 1 rings (SSSR count). The second kappa shape index (κ2) is 7.48. The molecule has 0 atom stereocenters. The maximum atomic E-state index is 10.3. The van der Waals surface area contributed by atoms with E-state index in [-0.39, 0.29) is 0 Å². The van der Waals surface area contributed by atoms with Crippen LogP contribution in [0.5, 0.6) is 0 Å². The number of nitrogens with one attached hydrogen (secondary N) is 2. The molecule has 4 N–H and O–H groups in total. The zero-order chi connectivity index (χ0) is 11.6. The first kappa shape index (κ1) is 12.3. The molecule has 16 heavy (non-hydrogen) atoms. The summed E-state index contributed by atoms with van der Waals surface area (Å²) in [5, 5.41) is 5.66. The van der Waals surface area contributed by atoms with E-state index in [1.54, 1.807) is 0 Å². The number of hydrogen-bond acceptors (Lipinski definition) is 2. The van der Waals surface area contributed by atoms with Gasteiger partial charge >= 0.3 is 6.03 Å². The number of nitrogens with two attached hydrogens (primary N) is 1. The summed E-state index contributed by atoms with van der Waals surface area (Å²) >= 11 is 0. The van der Waals surface area contributed by atoms with Crippen molar-refractivity contribution in [2.24, 2.45) is 5.73 Å². The van der Waals surface area contributed by atoms with E-state index in [1.807, 2.05) is 36.4 Å². The highest BCUT2D eigenvalue weighted by molar-refractivity contribution is 5.71. The van der Waals surface area contributed by atoms with Gasteiger partial charge < -0.3 is 16.4 Å². The average Bonchev–Trinajstić information content (AvgIpc) is 2.29. The summed E-state index contributed by atoms with van der Waals surface area (Å²) in [6, 6.07) is 9.61. The van der Waals surface area contributed by atoms with Crippen LogP contribution in [0, 0.1) is 0 Å². The molecule has 86 valence electrons. The Hall–Kier alpha value is -1.81. The first-order valence-electron chi connectivity index (χ1n) is 5.24. The number of carbonyl (C=O) groups is 1. The molecule has 4 heteroatoms. The molecular weight excluding hydrogens is 202 g/mol. The molecule has 0 aliphatic rings. The van der Waals surface area contributed by atoms with Gasteiger partial charge in [-0.25, -0.2) is 4.79 Å². The van der Waals surface area contributed by atoms with Crippen molar-refractivity contribution < 1.29 is 4.79 Å². The summed E-state index contributed by atoms with van der Waals surface area (Å²) in [7, 11) is 0. The van der Waals surface area contributed by atoms with Crippen molar-refractivity contribution in [1.82, 2.24) is 10.6 Å². The SMILES string of the molecule is NC(=O)NCCNC/C=C/c1ccccc1. The van der Waals surface area contributed by atoms with E-state index in [4.69, 9.17) is 5.73 Å². The van der Waals surface area contributed by atoms with Crippen molar-refractivity contribution in [3.63, 3.8) is 0 Å². The van der Waals surface area contributed by atoms with E-state index >= 15 is 0 Å². The molecular formula is C12H17N3O. The van der Waals surface area contributed by atoms with Gasteiger partial charge in [0.2, 0.25) is 0 Å². The van der Waals surface area contributed by atoms with Crippen LogP contribution < -0.4 is 16.4 Å². The van der Waals surface area contributed by atoms with E-state index in [2.05, 4.69) is 16.7 Å². The van der Waals surface area contributed by atoms with Gasteiger partial charge in [0.15, 0.2) is 0 Å². The van der Waals surface area contributed by atoms with E-state index in [1.165, 1.54) is 5.56 Å². The molecule has 0 aliphatic carbocycles. The molecule has 0 aliphatic heterocycles. The molecule has 0 saturated heterocycles. The van der Waals surface area contributed by atoms with Gasteiger partial charge in [0.1, 0.15) is 0 Å². The Balaban J connectivity index is 2.07. The standard InChI is InChI=1S/C12H17N3O/c13-12(16)15-10-9-14-8-4-7-11-5-2-1-3-6-11/h1-7,14H,8-10H2,(H3,13,15,16)/b7-4+. The molecule has 0 saturated carbocycles. The molecule has 0 spiro atoms. The molecule has 2 amide bonds. The summed E-state index contributed by atoms with van der Waals surface area (Å²) in [6.07, 6.45) is 4.09. The number of rotatable bonds is 6. The summed E-state index contributed by atoms with van der Waals surface area (Å²) in [4.78, 5) is 10.3. The Labute approximate surface area is 95.5 Å². The lowest BCUT2D eigenvalue weighted by atomic mass is 10.2. The third-order valence-electron chi connectivity index (χ3n) is 1.97. The predicted molar refractivity (Wildman–Crippen MR) is 65.9 cm³/mol. The van der Waals surface area contributed by atoms with Crippen LogP contribution in [0.25, 0.3) is 6.08 Å². The minimum Gasteiger partial charge on any atom is -0.352 e. The highest BCUT2D eigenvalue weighted by atomic mass is 16.2. The maximum Gasteiger partial charge on any atom is 0.312 e. The van der Waals surface area contributed by atoms with E-state index in [0.717, 1.165) is 6.54 Å². The quantitative estimate of drug-likeness (QED) is 0.624. The second-order valence-electron chi connectivity index (χ2n) is 3.31. The van der Waals surface area contributed by atoms with Crippen LogP contribution in [-0.2, 0) is 0 Å². The monoisotopic (exact) mass is 219 g/mol. The molecule has 0 bridgehead atoms. The Bertz CT molecular complexity index is 335. The smallest absolute Gasteiger partial charge is 0.312 e. The third kappa shape index (κ3) is 5.82. The van der Waals surface area contributed by atoms with E-state index in [0.29, 0.717) is 13.1 Å². The first-order chi connectivity index (χ1) is 7.79. The number of carbonyl (C=O) groups excluding carboxylic acids is 1. The fourth-order valence-electron chi connectivity index (χ4n) is 1.22. The van der Waals surface area contributed by atoms with Gasteiger partial charge in [-0.3, -0.25) is 0 Å². The van der Waals surface area contributed by atoms with Crippen molar-refractivity contribution in [2.45, 2.75) is 0 Å². The van der Waals surface area contributed by atoms with Crippen LogP contribution >= 0.6 is 0 Å². The molecule has 0 unspecified atom stereocenters. The van der Waals surface area contributed by atoms with Crippen molar-refractivity contribution in [2.75, 3.05) is 19.6 Å². The number of urea groups is 1. The third-order valence-corrected chi connectivity index (χ3v) is 1.97. The van der Waals surface area contributed by atoms with Crippen LogP contribution in [-0.4, -0.2) is 25.7 Å². The van der Waals surface area contributed by atoms with Crippen LogP contribution in [0.2, 0.25) is 0 Å². The number of hydrogen-bond donors (Lipinski definition) is 3. The lowest BCUT2D eigenvalue weighted by Gasteiger charge is -2.01. The lowest BCUT2D eigenvalue weighted by molar-refractivity contribution is 0.249. The van der Waals surface area contributed by atoms with Gasteiger partial charge in [-0.2, -0.15) is 0 Å². The van der Waals surface area contributed by atoms with Crippen LogP contribution in [0.4, 0.5) is 4.79 Å². The molecule has 4 nitrogen and oxygen atoms in total. The topological polar surface area (TPSA) is 67.2 Å². The lowest BCUT2D eigenvalue weighted by Crippen LogP contribution is -2.35. The van der Waals surface area contributed by atoms with Crippen molar-refractivity contribution in [3.8, 4) is 0 Å². The zero-order valence-corrected chi connectivity index (χ0v) is 9.15. The fourth-order valence-corrected chi connectivity index (χ4v) is 1.22. The van der Waals surface area contributed by atoms with E-state index < -0.39 is 6.03 Å². The molecule has 0 heterocycles. The highest BCUT2D eigenvalue weighted by Crippen LogP contribution is 1.99. The van der Waals surface area contributed by atoms with Crippen LogP contribution in [0.15, 0.2) is 36.4 Å². The van der Waals surface area contributed by atoms with Crippen molar-refractivity contribution in [3.05, 3.63) is 42.0 Å². The number of amides is 2. The number of benzene rings is 1. The molecule has 0 radical (unpaired) electrons. The van der Waals surface area contributed by atoms with Gasteiger partial charge in [0, 0.05) is 19.6 Å². The molecule has 0 fully saturated rings. The van der Waals surface area contributed by atoms with Gasteiger partial charge in [-0.15, -0.1) is 0 Å². The van der Waals surface area contributed by atoms with Crippen LogP contribution in [0.3, 0.4) is 0 Å². The minimum atomic E-state index is -0.485. The summed E-state index contributed by atoms with van der Waals surface area (Å²) in [5.74, 6) is 0. The Morgan fingerprint density at radius 1 is 1.25 bits per heavy atom. The van der Waals surface area contributed by atoms with Gasteiger partial charge in [-0.05, 0) is 5.56 Å². The number of primary amides is 1. The molecule has 1 aromatic carbocycles. The molecule has 0 aromatic heterocycles. The van der Waals surface area contributed by atoms with Gasteiger partial charge in [0.05, 0.1) is 0 Å². The minimum absolute atomic E-state index is 0.485. The average molecular weight is 219 g/mol.